The topological polar surface area (TPSA) is 153 Å². The highest BCUT2D eigenvalue weighted by Gasteiger charge is 2.28. The number of benzene rings is 2. The Bertz CT molecular complexity index is 1470. The zero-order valence-electron chi connectivity index (χ0n) is 31.0. The molecule has 12 nitrogen and oxygen atoms in total. The van der Waals surface area contributed by atoms with E-state index >= 15 is 0 Å². The first-order valence-corrected chi connectivity index (χ1v) is 17.3. The van der Waals surface area contributed by atoms with E-state index < -0.39 is 35.6 Å². The molecule has 53 heavy (non-hydrogen) atoms. The van der Waals surface area contributed by atoms with E-state index in [4.69, 9.17) is 18.9 Å². The molecule has 3 atom stereocenters. The van der Waals surface area contributed by atoms with Crippen molar-refractivity contribution in [2.45, 2.75) is 71.3 Å². The lowest BCUT2D eigenvalue weighted by atomic mass is 9.97. The first-order valence-electron chi connectivity index (χ1n) is 17.3. The van der Waals surface area contributed by atoms with Crippen molar-refractivity contribution in [2.24, 2.45) is 11.8 Å². The van der Waals surface area contributed by atoms with Crippen LogP contribution >= 0.6 is 0 Å². The predicted molar refractivity (Wildman–Crippen MR) is 197 cm³/mol. The third-order valence-electron chi connectivity index (χ3n) is 7.74. The summed E-state index contributed by atoms with van der Waals surface area (Å²) < 4.78 is 47.6. The number of aldehydes is 1. The number of rotatable bonds is 19. The second kappa shape index (κ2) is 26.6. The number of halogens is 2. The van der Waals surface area contributed by atoms with Crippen LogP contribution in [0.5, 0.6) is 17.2 Å². The van der Waals surface area contributed by atoms with Gasteiger partial charge in [-0.05, 0) is 94.0 Å². The number of allylic oxidation sites excluding steroid dienone is 3. The van der Waals surface area contributed by atoms with Gasteiger partial charge in [-0.25, -0.2) is 9.59 Å². The van der Waals surface area contributed by atoms with Gasteiger partial charge in [-0.15, -0.1) is 10.1 Å². The van der Waals surface area contributed by atoms with Crippen molar-refractivity contribution in [3.05, 3.63) is 94.6 Å². The SMILES string of the molecule is C/C=C\CCCC=O.CC1CCCC1/C=C/C(F)(F)COc1ccccc1.CNC(C)C(=O)Oc1ccc(/C=C/C(=O)OCCO[N+](=O)[O-])cc1OC. The Hall–Kier alpha value is -5.11. The molecule has 1 aliphatic rings. The molecule has 0 heterocycles. The van der Waals surface area contributed by atoms with E-state index in [9.17, 15) is 33.3 Å². The highest BCUT2D eigenvalue weighted by atomic mass is 19.3. The summed E-state index contributed by atoms with van der Waals surface area (Å²) in [6.07, 6.45) is 16.4. The second-order valence-electron chi connectivity index (χ2n) is 11.9. The molecule has 3 unspecified atom stereocenters. The Morgan fingerprint density at radius 2 is 1.83 bits per heavy atom. The van der Waals surface area contributed by atoms with E-state index in [1.807, 2.05) is 19.1 Å². The fourth-order valence-electron chi connectivity index (χ4n) is 4.61. The van der Waals surface area contributed by atoms with Crippen LogP contribution in [0.1, 0.15) is 64.9 Å². The second-order valence-corrected chi connectivity index (χ2v) is 11.9. The minimum Gasteiger partial charge on any atom is -0.493 e. The lowest BCUT2D eigenvalue weighted by Gasteiger charge is -2.15. The monoisotopic (exact) mass is 746 g/mol. The maximum atomic E-state index is 13.7. The van der Waals surface area contributed by atoms with Crippen LogP contribution in [-0.2, 0) is 24.0 Å². The molecule has 1 N–H and O–H groups in total. The number of ether oxygens (including phenoxy) is 4. The van der Waals surface area contributed by atoms with Crippen LogP contribution in [0.3, 0.4) is 0 Å². The number of para-hydroxylation sites is 1. The molecule has 1 aliphatic carbocycles. The van der Waals surface area contributed by atoms with Crippen molar-refractivity contribution in [1.82, 2.24) is 5.32 Å². The molecule has 0 radical (unpaired) electrons. The fourth-order valence-corrected chi connectivity index (χ4v) is 4.61. The van der Waals surface area contributed by atoms with Crippen LogP contribution < -0.4 is 19.5 Å². The molecule has 14 heteroatoms. The van der Waals surface area contributed by atoms with Gasteiger partial charge in [-0.2, -0.15) is 8.78 Å². The number of nitrogens with one attached hydrogen (secondary N) is 1. The summed E-state index contributed by atoms with van der Waals surface area (Å²) in [4.78, 5) is 47.0. The minimum atomic E-state index is -2.90. The lowest BCUT2D eigenvalue weighted by molar-refractivity contribution is -0.757. The molecule has 0 amide bonds. The highest BCUT2D eigenvalue weighted by molar-refractivity contribution is 5.87. The van der Waals surface area contributed by atoms with Gasteiger partial charge in [0.1, 0.15) is 31.3 Å². The van der Waals surface area contributed by atoms with Crippen LogP contribution in [0.4, 0.5) is 8.78 Å². The van der Waals surface area contributed by atoms with E-state index in [1.165, 1.54) is 19.3 Å². The van der Waals surface area contributed by atoms with Gasteiger partial charge >= 0.3 is 11.9 Å². The molecular weight excluding hydrogens is 694 g/mol. The molecular formula is C39H52F2N2O10. The van der Waals surface area contributed by atoms with Crippen LogP contribution in [0.15, 0.2) is 78.9 Å². The standard InChI is InChI=1S/C16H20F2O.C16H20N2O8.C7H12O/c1-13-6-5-7-14(13)10-11-16(17,18)12-19-15-8-3-2-4-9-15;1-11(17-2)16(20)26-13-6-4-12(10-14(13)23-3)5-7-15(19)24-8-9-25-18(21)22;1-2-3-4-5-6-7-8/h2-4,8-11,13-14H,5-7,12H2,1H3;4-7,10-11,17H,8-9H2,1-3H3;2-3,7H,4-6H2,1H3/b11-10+;7-5+;3-2-. The molecule has 0 aliphatic heterocycles. The van der Waals surface area contributed by atoms with Crippen molar-refractivity contribution in [1.29, 1.82) is 0 Å². The van der Waals surface area contributed by atoms with Crippen LogP contribution in [-0.4, -0.2) is 69.3 Å². The maximum Gasteiger partial charge on any atom is 0.330 e. The molecule has 2 aromatic rings. The van der Waals surface area contributed by atoms with Gasteiger partial charge in [0.25, 0.3) is 11.0 Å². The number of carbonyl (C=O) groups excluding carboxylic acids is 3. The van der Waals surface area contributed by atoms with E-state index in [2.05, 4.69) is 23.2 Å². The first-order chi connectivity index (χ1) is 25.3. The van der Waals surface area contributed by atoms with Gasteiger partial charge in [-0.3, -0.25) is 0 Å². The van der Waals surface area contributed by atoms with Gasteiger partial charge in [0.15, 0.2) is 18.1 Å². The zero-order valence-corrected chi connectivity index (χ0v) is 31.0. The molecule has 0 spiro atoms. The van der Waals surface area contributed by atoms with Gasteiger partial charge < -0.3 is 33.9 Å². The van der Waals surface area contributed by atoms with Crippen LogP contribution in [0, 0.1) is 22.0 Å². The Balaban J connectivity index is 0.000000452. The first kappa shape index (κ1) is 45.9. The van der Waals surface area contributed by atoms with Gasteiger partial charge in [0.2, 0.25) is 0 Å². The van der Waals surface area contributed by atoms with E-state index in [0.717, 1.165) is 50.5 Å². The molecule has 1 fully saturated rings. The third kappa shape index (κ3) is 21.1. The largest absolute Gasteiger partial charge is 0.493 e. The number of carbonyl (C=O) groups is 3. The lowest BCUT2D eigenvalue weighted by Crippen LogP contribution is -2.34. The Labute approximate surface area is 310 Å². The average molecular weight is 747 g/mol. The Kier molecular flexibility index (Phi) is 23.1. The summed E-state index contributed by atoms with van der Waals surface area (Å²) in [6, 6.07) is 13.0. The van der Waals surface area contributed by atoms with Crippen molar-refractivity contribution in [2.75, 3.05) is 34.0 Å². The fraction of sp³-hybridized carbons (Fsp3) is 0.462. The molecule has 1 saturated carbocycles. The smallest absolute Gasteiger partial charge is 0.330 e. The summed E-state index contributed by atoms with van der Waals surface area (Å²) >= 11 is 0. The van der Waals surface area contributed by atoms with Gasteiger partial charge in [-0.1, -0.05) is 62.3 Å². The van der Waals surface area contributed by atoms with E-state index in [0.29, 0.717) is 35.3 Å². The number of nitrogens with zero attached hydrogens (tertiary/aromatic N) is 1. The number of unbranched alkanes of at least 4 members (excludes halogenated alkanes) is 2. The number of methoxy groups -OCH3 is 1. The number of esters is 2. The van der Waals surface area contributed by atoms with Crippen molar-refractivity contribution in [3.63, 3.8) is 0 Å². The summed E-state index contributed by atoms with van der Waals surface area (Å²) in [5.41, 5.74) is 0.599. The molecule has 0 saturated heterocycles. The average Bonchev–Trinajstić information content (AvgIpc) is 3.57. The van der Waals surface area contributed by atoms with Gasteiger partial charge in [0, 0.05) is 12.5 Å². The minimum absolute atomic E-state index is 0.244. The van der Waals surface area contributed by atoms with Crippen LogP contribution in [0.25, 0.3) is 6.08 Å². The molecule has 292 valence electrons. The summed E-state index contributed by atoms with van der Waals surface area (Å²) in [6.45, 7) is 4.59. The van der Waals surface area contributed by atoms with E-state index in [1.54, 1.807) is 56.4 Å². The molecule has 3 rings (SSSR count). The summed E-state index contributed by atoms with van der Waals surface area (Å²) in [5.74, 6) is -2.20. The zero-order chi connectivity index (χ0) is 39.5. The highest BCUT2D eigenvalue weighted by Crippen LogP contribution is 2.33. The third-order valence-corrected chi connectivity index (χ3v) is 7.74. The van der Waals surface area contributed by atoms with Crippen molar-refractivity contribution >= 4 is 24.3 Å². The number of hydrogen-bond donors (Lipinski definition) is 1. The quantitative estimate of drug-likeness (QED) is 0.0221. The Morgan fingerprint density at radius 3 is 2.43 bits per heavy atom. The number of hydrogen-bond acceptors (Lipinski definition) is 11. The normalized spacial score (nSPS) is 15.8. The van der Waals surface area contributed by atoms with Crippen molar-refractivity contribution < 1.29 is 52.0 Å². The maximum absolute atomic E-state index is 13.7. The number of likely N-dealkylation sites (N-methyl/N-ethyl adjacent to an activating group) is 1. The van der Waals surface area contributed by atoms with Crippen LogP contribution in [0.2, 0.25) is 0 Å². The molecule has 2 aromatic carbocycles. The summed E-state index contributed by atoms with van der Waals surface area (Å²) in [5, 5.41) is 11.7. The predicted octanol–water partition coefficient (Wildman–Crippen LogP) is 7.60. The van der Waals surface area contributed by atoms with E-state index in [-0.39, 0.29) is 19.0 Å². The van der Waals surface area contributed by atoms with Crippen molar-refractivity contribution in [3.8, 4) is 17.2 Å². The Morgan fingerprint density at radius 1 is 1.09 bits per heavy atom. The summed E-state index contributed by atoms with van der Waals surface area (Å²) in [7, 11) is 3.06. The number of alkyl halides is 2. The molecule has 0 bridgehead atoms. The van der Waals surface area contributed by atoms with Gasteiger partial charge in [0.05, 0.1) is 7.11 Å². The molecule has 0 aromatic heterocycles.